The van der Waals surface area contributed by atoms with Crippen molar-refractivity contribution in [2.75, 3.05) is 32.9 Å². The van der Waals surface area contributed by atoms with Crippen LogP contribution >= 0.6 is 0 Å². The Labute approximate surface area is 154 Å². The third kappa shape index (κ3) is 4.50. The van der Waals surface area contributed by atoms with Crippen LogP contribution in [-0.4, -0.2) is 71.3 Å². The first-order valence-electron chi connectivity index (χ1n) is 8.68. The van der Waals surface area contributed by atoms with E-state index in [0.29, 0.717) is 19.6 Å². The van der Waals surface area contributed by atoms with E-state index in [9.17, 15) is 13.5 Å². The van der Waals surface area contributed by atoms with E-state index in [2.05, 4.69) is 26.6 Å². The maximum Gasteiger partial charge on any atom is 0.214 e. The maximum absolute atomic E-state index is 12.1. The minimum absolute atomic E-state index is 0.0268. The topological polar surface area (TPSA) is 78.7 Å². The minimum atomic E-state index is -3.32. The van der Waals surface area contributed by atoms with Crippen molar-refractivity contribution < 1.29 is 13.5 Å². The second-order valence-electron chi connectivity index (χ2n) is 7.08. The molecule has 8 heteroatoms. The van der Waals surface area contributed by atoms with Crippen LogP contribution in [0.3, 0.4) is 0 Å². The van der Waals surface area contributed by atoms with Crippen molar-refractivity contribution >= 4 is 10.0 Å². The van der Waals surface area contributed by atoms with Crippen LogP contribution in [0.1, 0.15) is 11.3 Å². The molecule has 2 atom stereocenters. The van der Waals surface area contributed by atoms with E-state index in [-0.39, 0.29) is 11.7 Å². The average molecular weight is 378 g/mol. The number of likely N-dealkylation sites (tertiary alicyclic amines) is 1. The van der Waals surface area contributed by atoms with Crippen LogP contribution in [0.2, 0.25) is 0 Å². The van der Waals surface area contributed by atoms with Gasteiger partial charge in [0.2, 0.25) is 10.0 Å². The SMILES string of the molecule is CN(C)S(=O)(=O)C[C@@H]1CN(Cc2cncn2Cc2ccccc2)C[C@H]1O. The van der Waals surface area contributed by atoms with Gasteiger partial charge in [-0.1, -0.05) is 30.3 Å². The van der Waals surface area contributed by atoms with E-state index >= 15 is 0 Å². The number of benzene rings is 1. The van der Waals surface area contributed by atoms with Crippen LogP contribution < -0.4 is 0 Å². The molecule has 7 nitrogen and oxygen atoms in total. The Kier molecular flexibility index (Phi) is 5.76. The van der Waals surface area contributed by atoms with E-state index in [1.807, 2.05) is 30.7 Å². The third-order valence-corrected chi connectivity index (χ3v) is 6.81. The van der Waals surface area contributed by atoms with Crippen LogP contribution in [0, 0.1) is 5.92 Å². The molecule has 0 aliphatic carbocycles. The van der Waals surface area contributed by atoms with Gasteiger partial charge in [0.1, 0.15) is 0 Å². The molecule has 0 spiro atoms. The van der Waals surface area contributed by atoms with Gasteiger partial charge in [0, 0.05) is 52.4 Å². The Morgan fingerprint density at radius 2 is 1.92 bits per heavy atom. The molecule has 0 radical (unpaired) electrons. The zero-order chi connectivity index (χ0) is 18.7. The quantitative estimate of drug-likeness (QED) is 0.764. The summed E-state index contributed by atoms with van der Waals surface area (Å²) in [6.07, 6.45) is 3.01. The summed E-state index contributed by atoms with van der Waals surface area (Å²) in [6, 6.07) is 10.2. The van der Waals surface area contributed by atoms with Gasteiger partial charge in [-0.25, -0.2) is 17.7 Å². The summed E-state index contributed by atoms with van der Waals surface area (Å²) < 4.78 is 27.5. The normalized spacial score (nSPS) is 21.5. The highest BCUT2D eigenvalue weighted by Crippen LogP contribution is 2.22. The Hall–Kier alpha value is -1.74. The molecule has 0 bridgehead atoms. The summed E-state index contributed by atoms with van der Waals surface area (Å²) in [5.41, 5.74) is 2.25. The highest BCUT2D eigenvalue weighted by molar-refractivity contribution is 7.89. The second kappa shape index (κ2) is 7.87. The molecule has 142 valence electrons. The molecule has 1 aromatic heterocycles. The number of hydrogen-bond acceptors (Lipinski definition) is 5. The van der Waals surface area contributed by atoms with Gasteiger partial charge in [0.15, 0.2) is 0 Å². The number of sulfonamides is 1. The smallest absolute Gasteiger partial charge is 0.214 e. The summed E-state index contributed by atoms with van der Waals surface area (Å²) in [7, 11) is -0.271. The van der Waals surface area contributed by atoms with Gasteiger partial charge in [-0.2, -0.15) is 0 Å². The largest absolute Gasteiger partial charge is 0.391 e. The first-order chi connectivity index (χ1) is 12.3. The maximum atomic E-state index is 12.1. The lowest BCUT2D eigenvalue weighted by Crippen LogP contribution is -2.33. The Bertz CT molecular complexity index is 820. The first kappa shape index (κ1) is 19.0. The number of hydrogen-bond donors (Lipinski definition) is 1. The first-order valence-corrected chi connectivity index (χ1v) is 10.3. The van der Waals surface area contributed by atoms with Gasteiger partial charge < -0.3 is 9.67 Å². The number of rotatable bonds is 7. The fraction of sp³-hybridized carbons (Fsp3) is 0.500. The number of aromatic nitrogens is 2. The molecule has 1 aliphatic rings. The Morgan fingerprint density at radius 1 is 1.19 bits per heavy atom. The van der Waals surface area contributed by atoms with E-state index in [1.54, 1.807) is 0 Å². The molecule has 1 saturated heterocycles. The van der Waals surface area contributed by atoms with Gasteiger partial charge >= 0.3 is 0 Å². The molecule has 1 aromatic carbocycles. The van der Waals surface area contributed by atoms with Crippen molar-refractivity contribution in [3.05, 3.63) is 54.1 Å². The van der Waals surface area contributed by atoms with Crippen LogP contribution in [0.5, 0.6) is 0 Å². The molecule has 0 saturated carbocycles. The number of aliphatic hydroxyl groups is 1. The molecule has 1 aliphatic heterocycles. The van der Waals surface area contributed by atoms with E-state index < -0.39 is 16.1 Å². The highest BCUT2D eigenvalue weighted by atomic mass is 32.2. The molecular weight excluding hydrogens is 352 g/mol. The van der Waals surface area contributed by atoms with Gasteiger partial charge in [-0.05, 0) is 5.56 Å². The van der Waals surface area contributed by atoms with E-state index in [0.717, 1.165) is 12.2 Å². The summed E-state index contributed by atoms with van der Waals surface area (Å²) in [5.74, 6) is -0.297. The van der Waals surface area contributed by atoms with Crippen molar-refractivity contribution in [2.45, 2.75) is 19.2 Å². The van der Waals surface area contributed by atoms with Gasteiger partial charge in [-0.15, -0.1) is 0 Å². The monoisotopic (exact) mass is 378 g/mol. The van der Waals surface area contributed by atoms with Crippen molar-refractivity contribution in [1.82, 2.24) is 18.8 Å². The molecule has 0 unspecified atom stereocenters. The van der Waals surface area contributed by atoms with Crippen LogP contribution in [0.25, 0.3) is 0 Å². The Balaban J connectivity index is 1.63. The van der Waals surface area contributed by atoms with Crippen LogP contribution in [-0.2, 0) is 23.1 Å². The predicted octanol–water partition coefficient (Wildman–Crippen LogP) is 0.615. The zero-order valence-corrected chi connectivity index (χ0v) is 16.0. The molecule has 26 heavy (non-hydrogen) atoms. The molecule has 2 heterocycles. The van der Waals surface area contributed by atoms with Crippen LogP contribution in [0.4, 0.5) is 0 Å². The molecule has 0 amide bonds. The lowest BCUT2D eigenvalue weighted by molar-refractivity contribution is 0.148. The predicted molar refractivity (Wildman–Crippen MR) is 100 cm³/mol. The number of aliphatic hydroxyl groups excluding tert-OH is 1. The van der Waals surface area contributed by atoms with Crippen LogP contribution in [0.15, 0.2) is 42.9 Å². The van der Waals surface area contributed by atoms with Gasteiger partial charge in [0.05, 0.1) is 23.9 Å². The van der Waals surface area contributed by atoms with Gasteiger partial charge in [-0.3, -0.25) is 4.90 Å². The van der Waals surface area contributed by atoms with E-state index in [4.69, 9.17) is 0 Å². The lowest BCUT2D eigenvalue weighted by atomic mass is 10.1. The highest BCUT2D eigenvalue weighted by Gasteiger charge is 2.35. The fourth-order valence-corrected chi connectivity index (χ4v) is 4.45. The van der Waals surface area contributed by atoms with Crippen molar-refractivity contribution in [1.29, 1.82) is 0 Å². The molecule has 3 rings (SSSR count). The summed E-state index contributed by atoms with van der Waals surface area (Å²) >= 11 is 0. The average Bonchev–Trinajstić information content (AvgIpc) is 3.15. The Morgan fingerprint density at radius 3 is 2.62 bits per heavy atom. The molecule has 2 aromatic rings. The second-order valence-corrected chi connectivity index (χ2v) is 9.31. The number of nitrogens with zero attached hydrogens (tertiary/aromatic N) is 4. The molecule has 1 fully saturated rings. The zero-order valence-electron chi connectivity index (χ0n) is 15.2. The van der Waals surface area contributed by atoms with Gasteiger partial charge in [0.25, 0.3) is 0 Å². The summed E-state index contributed by atoms with van der Waals surface area (Å²) in [5, 5.41) is 10.3. The fourth-order valence-electron chi connectivity index (χ4n) is 3.29. The van der Waals surface area contributed by atoms with Crippen molar-refractivity contribution in [3.8, 4) is 0 Å². The number of β-amino-alcohol motifs (C(OH)–C–C–N with tert-alkyl or cyclic N) is 1. The minimum Gasteiger partial charge on any atom is -0.391 e. The molecular formula is C18H26N4O3S. The lowest BCUT2D eigenvalue weighted by Gasteiger charge is -2.18. The summed E-state index contributed by atoms with van der Waals surface area (Å²) in [6.45, 7) is 2.42. The van der Waals surface area contributed by atoms with Crippen molar-refractivity contribution in [3.63, 3.8) is 0 Å². The number of imidazole rings is 1. The summed E-state index contributed by atoms with van der Waals surface area (Å²) in [4.78, 5) is 6.35. The van der Waals surface area contributed by atoms with E-state index in [1.165, 1.54) is 24.0 Å². The molecule has 1 N–H and O–H groups in total. The van der Waals surface area contributed by atoms with Crippen molar-refractivity contribution in [2.24, 2.45) is 5.92 Å². The third-order valence-electron chi connectivity index (χ3n) is 4.84. The standard InChI is InChI=1S/C18H26N4O3S/c1-20(2)26(24,25)13-16-10-21(12-18(16)23)11-17-8-19-14-22(17)9-15-6-4-3-5-7-15/h3-8,14,16,18,23H,9-13H2,1-2H3/t16-,18+/m0/s1.